The molecule has 1 fully saturated rings. The molecule has 0 spiro atoms. The summed E-state index contributed by atoms with van der Waals surface area (Å²) in [5.41, 5.74) is -0.0405. The number of hydrogen-bond acceptors (Lipinski definition) is 2. The first-order valence-electron chi connectivity index (χ1n) is 2.48. The summed E-state index contributed by atoms with van der Waals surface area (Å²) in [7, 11) is 0. The van der Waals surface area contributed by atoms with E-state index < -0.39 is 0 Å². The third-order valence-electron chi connectivity index (χ3n) is 1.31. The van der Waals surface area contributed by atoms with E-state index in [1.54, 1.807) is 0 Å². The lowest BCUT2D eigenvalue weighted by atomic mass is 9.86. The van der Waals surface area contributed by atoms with Gasteiger partial charge in [-0.05, 0) is 6.92 Å². The third-order valence-corrected chi connectivity index (χ3v) is 1.99. The molecule has 0 saturated carbocycles. The maximum Gasteiger partial charge on any atom is 0.0815 e. The highest BCUT2D eigenvalue weighted by Crippen LogP contribution is 2.30. The molecule has 1 heterocycles. The first-order chi connectivity index (χ1) is 3.66. The number of rotatable bonds is 0. The molecule has 1 aliphatic rings. The molecule has 0 radical (unpaired) electrons. The predicted molar refractivity (Wildman–Crippen MR) is 39.3 cm³/mol. The van der Waals surface area contributed by atoms with Crippen LogP contribution < -0.4 is 0 Å². The molecule has 0 amide bonds. The lowest BCUT2D eigenvalue weighted by molar-refractivity contribution is 0.185. The van der Waals surface area contributed by atoms with Gasteiger partial charge in [0.1, 0.15) is 0 Å². The van der Waals surface area contributed by atoms with Gasteiger partial charge in [0.2, 0.25) is 0 Å². The van der Waals surface area contributed by atoms with Crippen LogP contribution in [-0.4, -0.2) is 16.2 Å². The van der Waals surface area contributed by atoms with E-state index in [2.05, 4.69) is 32.0 Å². The largest absolute Gasteiger partial charge is 0.244 e. The fourth-order valence-electron chi connectivity index (χ4n) is 0.782. The molecule has 8 heavy (non-hydrogen) atoms. The lowest BCUT2D eigenvalue weighted by Gasteiger charge is -2.38. The molecule has 0 aromatic rings. The summed E-state index contributed by atoms with van der Waals surface area (Å²) in [6.07, 6.45) is 0. The van der Waals surface area contributed by atoms with E-state index in [9.17, 15) is 0 Å². The Hall–Kier alpha value is 0.180. The third kappa shape index (κ3) is 0.955. The Balaban J connectivity index is 2.44. The Bertz CT molecular complexity index is 132. The number of nitrogens with zero attached hydrogens (tertiary/aromatic N) is 2. The van der Waals surface area contributed by atoms with Crippen LogP contribution in [0.2, 0.25) is 0 Å². The van der Waals surface area contributed by atoms with Crippen molar-refractivity contribution in [2.45, 2.75) is 6.92 Å². The second-order valence-electron chi connectivity index (χ2n) is 2.45. The highest BCUT2D eigenvalue weighted by atomic mass is 127. The molecule has 0 unspecified atom stereocenters. The fourth-order valence-corrected chi connectivity index (χ4v) is 2.29. The van der Waals surface area contributed by atoms with Gasteiger partial charge in [0, 0.05) is 36.0 Å². The minimum Gasteiger partial charge on any atom is -0.244 e. The van der Waals surface area contributed by atoms with Gasteiger partial charge in [0.05, 0.1) is 11.5 Å². The topological polar surface area (TPSA) is 27.0 Å². The maximum atomic E-state index is 8.48. The standard InChI is InChI=1S/C5H7IN2/c1-5(2-7)3-8(6)4-5/h3-4H2,1H3. The van der Waals surface area contributed by atoms with Crippen LogP contribution in [0.1, 0.15) is 6.92 Å². The van der Waals surface area contributed by atoms with Gasteiger partial charge in [-0.3, -0.25) is 0 Å². The summed E-state index contributed by atoms with van der Waals surface area (Å²) < 4.78 is 2.11. The summed E-state index contributed by atoms with van der Waals surface area (Å²) >= 11 is 2.22. The summed E-state index contributed by atoms with van der Waals surface area (Å²) in [4.78, 5) is 0. The van der Waals surface area contributed by atoms with Crippen LogP contribution in [0.5, 0.6) is 0 Å². The second-order valence-corrected chi connectivity index (χ2v) is 3.82. The molecule has 3 heteroatoms. The average Bonchev–Trinajstić information content (AvgIpc) is 1.63. The monoisotopic (exact) mass is 222 g/mol. The minimum atomic E-state index is -0.0405. The average molecular weight is 222 g/mol. The van der Waals surface area contributed by atoms with Gasteiger partial charge in [-0.2, -0.15) is 5.26 Å². The summed E-state index contributed by atoms with van der Waals surface area (Å²) in [5, 5.41) is 8.48. The van der Waals surface area contributed by atoms with Gasteiger partial charge in [-0.15, -0.1) is 0 Å². The molecular formula is C5H7IN2. The van der Waals surface area contributed by atoms with Crippen LogP contribution in [0.15, 0.2) is 0 Å². The molecule has 0 atom stereocenters. The van der Waals surface area contributed by atoms with Crippen molar-refractivity contribution >= 4 is 22.9 Å². The van der Waals surface area contributed by atoms with Crippen molar-refractivity contribution in [1.29, 1.82) is 5.26 Å². The van der Waals surface area contributed by atoms with E-state index in [1.165, 1.54) is 0 Å². The fraction of sp³-hybridized carbons (Fsp3) is 0.800. The van der Waals surface area contributed by atoms with Crippen molar-refractivity contribution in [2.75, 3.05) is 13.1 Å². The Labute approximate surface area is 63.0 Å². The van der Waals surface area contributed by atoms with Crippen molar-refractivity contribution in [3.63, 3.8) is 0 Å². The molecule has 1 rings (SSSR count). The first kappa shape index (κ1) is 6.30. The molecule has 0 N–H and O–H groups in total. The van der Waals surface area contributed by atoms with Gasteiger partial charge in [0.25, 0.3) is 0 Å². The van der Waals surface area contributed by atoms with E-state index in [0.29, 0.717) is 0 Å². The van der Waals surface area contributed by atoms with Crippen LogP contribution in [0, 0.1) is 16.7 Å². The van der Waals surface area contributed by atoms with E-state index in [4.69, 9.17) is 5.26 Å². The Kier molecular flexibility index (Phi) is 1.46. The second kappa shape index (κ2) is 1.85. The van der Waals surface area contributed by atoms with Crippen LogP contribution in [0.3, 0.4) is 0 Å². The highest BCUT2D eigenvalue weighted by Gasteiger charge is 2.37. The molecule has 0 bridgehead atoms. The van der Waals surface area contributed by atoms with Gasteiger partial charge >= 0.3 is 0 Å². The number of nitriles is 1. The SMILES string of the molecule is CC1(C#N)CN(I)C1. The zero-order chi connectivity index (χ0) is 6.20. The Morgan fingerprint density at radius 2 is 2.25 bits per heavy atom. The normalized spacial score (nSPS) is 26.1. The van der Waals surface area contributed by atoms with Crippen molar-refractivity contribution in [3.8, 4) is 6.07 Å². The van der Waals surface area contributed by atoms with E-state index >= 15 is 0 Å². The van der Waals surface area contributed by atoms with Crippen LogP contribution >= 0.6 is 22.9 Å². The quantitative estimate of drug-likeness (QED) is 0.454. The molecule has 0 aromatic carbocycles. The summed E-state index contributed by atoms with van der Waals surface area (Å²) in [6, 6.07) is 2.26. The maximum absolute atomic E-state index is 8.48. The smallest absolute Gasteiger partial charge is 0.0815 e. The summed E-state index contributed by atoms with van der Waals surface area (Å²) in [6.45, 7) is 3.83. The molecular weight excluding hydrogens is 215 g/mol. The van der Waals surface area contributed by atoms with Crippen LogP contribution in [-0.2, 0) is 0 Å². The van der Waals surface area contributed by atoms with E-state index in [1.807, 2.05) is 6.92 Å². The Morgan fingerprint density at radius 3 is 2.38 bits per heavy atom. The predicted octanol–water partition coefficient (Wildman–Crippen LogP) is 1.18. The van der Waals surface area contributed by atoms with E-state index in [-0.39, 0.29) is 5.41 Å². The van der Waals surface area contributed by atoms with Crippen LogP contribution in [0.25, 0.3) is 0 Å². The van der Waals surface area contributed by atoms with Gasteiger partial charge in [-0.1, -0.05) is 0 Å². The molecule has 0 aromatic heterocycles. The van der Waals surface area contributed by atoms with Crippen molar-refractivity contribution < 1.29 is 0 Å². The zero-order valence-electron chi connectivity index (χ0n) is 4.69. The van der Waals surface area contributed by atoms with Gasteiger partial charge in [0.15, 0.2) is 0 Å². The minimum absolute atomic E-state index is 0.0405. The molecule has 44 valence electrons. The molecule has 1 aliphatic heterocycles. The van der Waals surface area contributed by atoms with Crippen molar-refractivity contribution in [2.24, 2.45) is 5.41 Å². The number of hydrogen-bond donors (Lipinski definition) is 0. The van der Waals surface area contributed by atoms with Crippen molar-refractivity contribution in [1.82, 2.24) is 3.11 Å². The van der Waals surface area contributed by atoms with Gasteiger partial charge < -0.3 is 0 Å². The molecule has 2 nitrogen and oxygen atoms in total. The highest BCUT2D eigenvalue weighted by molar-refractivity contribution is 14.1. The zero-order valence-corrected chi connectivity index (χ0v) is 6.84. The molecule has 0 aliphatic carbocycles. The van der Waals surface area contributed by atoms with Gasteiger partial charge in [-0.25, -0.2) is 3.11 Å². The van der Waals surface area contributed by atoms with Crippen molar-refractivity contribution in [3.05, 3.63) is 0 Å². The lowest BCUT2D eigenvalue weighted by Crippen LogP contribution is -2.48. The first-order valence-corrected chi connectivity index (χ1v) is 3.45. The number of halogens is 1. The van der Waals surface area contributed by atoms with Crippen LogP contribution in [0.4, 0.5) is 0 Å². The Morgan fingerprint density at radius 1 is 1.75 bits per heavy atom. The molecule has 1 saturated heterocycles. The summed E-state index contributed by atoms with van der Waals surface area (Å²) in [5.74, 6) is 0. The van der Waals surface area contributed by atoms with E-state index in [0.717, 1.165) is 13.1 Å².